The first-order valence-electron chi connectivity index (χ1n) is 9.27. The van der Waals surface area contributed by atoms with Crippen molar-refractivity contribution in [2.24, 2.45) is 0 Å². The van der Waals surface area contributed by atoms with Gasteiger partial charge < -0.3 is 4.90 Å². The van der Waals surface area contributed by atoms with Crippen LogP contribution >= 0.6 is 0 Å². The van der Waals surface area contributed by atoms with Gasteiger partial charge in [-0.25, -0.2) is 4.39 Å². The molecule has 2 heterocycles. The van der Waals surface area contributed by atoms with Gasteiger partial charge >= 0.3 is 0 Å². The predicted octanol–water partition coefficient (Wildman–Crippen LogP) is 3.26. The van der Waals surface area contributed by atoms with E-state index in [1.807, 2.05) is 17.2 Å². The topological polar surface area (TPSA) is 36.4 Å². The van der Waals surface area contributed by atoms with Gasteiger partial charge in [-0.3, -0.25) is 14.7 Å². The van der Waals surface area contributed by atoms with E-state index in [4.69, 9.17) is 0 Å². The molecule has 0 saturated carbocycles. The van der Waals surface area contributed by atoms with Crippen LogP contribution in [0.15, 0.2) is 60.8 Å². The maximum absolute atomic E-state index is 13.8. The van der Waals surface area contributed by atoms with Crippen LogP contribution in [0.25, 0.3) is 10.9 Å². The van der Waals surface area contributed by atoms with Crippen molar-refractivity contribution < 1.29 is 9.18 Å². The minimum Gasteiger partial charge on any atom is -0.340 e. The number of hydrogen-bond donors (Lipinski definition) is 0. The van der Waals surface area contributed by atoms with Crippen LogP contribution in [0.1, 0.15) is 11.1 Å². The first kappa shape index (κ1) is 17.6. The van der Waals surface area contributed by atoms with Crippen molar-refractivity contribution >= 4 is 16.8 Å². The van der Waals surface area contributed by atoms with Crippen LogP contribution in [0.5, 0.6) is 0 Å². The maximum atomic E-state index is 13.8. The lowest BCUT2D eigenvalue weighted by Gasteiger charge is -2.35. The van der Waals surface area contributed by atoms with Crippen molar-refractivity contribution in [3.8, 4) is 0 Å². The van der Waals surface area contributed by atoms with Crippen LogP contribution in [0.2, 0.25) is 0 Å². The van der Waals surface area contributed by atoms with Gasteiger partial charge in [0.2, 0.25) is 5.91 Å². The van der Waals surface area contributed by atoms with E-state index in [1.165, 1.54) is 11.6 Å². The summed E-state index contributed by atoms with van der Waals surface area (Å²) in [5.74, 6) is -0.320. The molecule has 1 aliphatic heterocycles. The van der Waals surface area contributed by atoms with Crippen LogP contribution in [-0.2, 0) is 17.8 Å². The Kier molecular flexibility index (Phi) is 5.12. The first-order chi connectivity index (χ1) is 13.2. The highest BCUT2D eigenvalue weighted by Crippen LogP contribution is 2.19. The van der Waals surface area contributed by atoms with Gasteiger partial charge in [0.25, 0.3) is 0 Å². The summed E-state index contributed by atoms with van der Waals surface area (Å²) >= 11 is 0. The summed E-state index contributed by atoms with van der Waals surface area (Å²) in [4.78, 5) is 21.2. The molecule has 0 N–H and O–H groups in total. The van der Waals surface area contributed by atoms with E-state index < -0.39 is 0 Å². The Labute approximate surface area is 158 Å². The van der Waals surface area contributed by atoms with E-state index in [9.17, 15) is 9.18 Å². The highest BCUT2D eigenvalue weighted by atomic mass is 19.1. The number of carbonyl (C=O) groups is 1. The molecule has 5 heteroatoms. The molecule has 1 saturated heterocycles. The number of nitrogens with zero attached hydrogens (tertiary/aromatic N) is 3. The monoisotopic (exact) mass is 363 g/mol. The third-order valence-corrected chi connectivity index (χ3v) is 5.13. The van der Waals surface area contributed by atoms with Crippen molar-refractivity contribution in [1.29, 1.82) is 0 Å². The smallest absolute Gasteiger partial charge is 0.227 e. The summed E-state index contributed by atoms with van der Waals surface area (Å²) in [6.45, 7) is 3.79. The Morgan fingerprint density at radius 2 is 1.67 bits per heavy atom. The molecule has 1 fully saturated rings. The van der Waals surface area contributed by atoms with Gasteiger partial charge in [0.05, 0.1) is 11.9 Å². The number of hydrogen-bond acceptors (Lipinski definition) is 3. The normalized spacial score (nSPS) is 15.2. The van der Waals surface area contributed by atoms with Crippen molar-refractivity contribution in [3.63, 3.8) is 0 Å². The molecule has 0 atom stereocenters. The molecule has 1 aromatic heterocycles. The zero-order chi connectivity index (χ0) is 18.6. The SMILES string of the molecule is O=C(Cc1ccccc1F)N1CCN(Cc2cccc3cccnc23)CC1. The highest BCUT2D eigenvalue weighted by molar-refractivity contribution is 5.81. The van der Waals surface area contributed by atoms with Gasteiger partial charge in [0, 0.05) is 44.3 Å². The maximum Gasteiger partial charge on any atom is 0.227 e. The van der Waals surface area contributed by atoms with Crippen LogP contribution in [0.3, 0.4) is 0 Å². The van der Waals surface area contributed by atoms with Crippen LogP contribution in [-0.4, -0.2) is 46.9 Å². The fourth-order valence-electron chi connectivity index (χ4n) is 3.61. The second kappa shape index (κ2) is 7.84. The molecule has 4 nitrogen and oxygen atoms in total. The molecular formula is C22H22FN3O. The average Bonchev–Trinajstić information content (AvgIpc) is 2.70. The molecule has 1 aliphatic rings. The fraction of sp³-hybridized carbons (Fsp3) is 0.273. The summed E-state index contributed by atoms with van der Waals surface area (Å²) in [6.07, 6.45) is 1.95. The van der Waals surface area contributed by atoms with Gasteiger partial charge in [-0.05, 0) is 23.3 Å². The number of amides is 1. The number of rotatable bonds is 4. The summed E-state index contributed by atoms with van der Waals surface area (Å²) in [6, 6.07) is 16.8. The van der Waals surface area contributed by atoms with Crippen LogP contribution < -0.4 is 0 Å². The third-order valence-electron chi connectivity index (χ3n) is 5.13. The van der Waals surface area contributed by atoms with Crippen molar-refractivity contribution in [2.45, 2.75) is 13.0 Å². The average molecular weight is 363 g/mol. The Balaban J connectivity index is 1.36. The molecule has 2 aromatic carbocycles. The molecule has 1 amide bonds. The molecular weight excluding hydrogens is 341 g/mol. The Hall–Kier alpha value is -2.79. The van der Waals surface area contributed by atoms with E-state index in [1.54, 1.807) is 18.2 Å². The van der Waals surface area contributed by atoms with Gasteiger partial charge in [-0.1, -0.05) is 42.5 Å². The second-order valence-electron chi connectivity index (χ2n) is 6.92. The minimum absolute atomic E-state index is 0.00780. The quantitative estimate of drug-likeness (QED) is 0.714. The lowest BCUT2D eigenvalue weighted by atomic mass is 10.1. The summed E-state index contributed by atoms with van der Waals surface area (Å²) in [7, 11) is 0. The van der Waals surface area contributed by atoms with E-state index in [2.05, 4.69) is 34.1 Å². The zero-order valence-electron chi connectivity index (χ0n) is 15.1. The molecule has 138 valence electrons. The van der Waals surface area contributed by atoms with E-state index in [0.29, 0.717) is 18.7 Å². The number of carbonyl (C=O) groups excluding carboxylic acids is 1. The van der Waals surface area contributed by atoms with Crippen LogP contribution in [0.4, 0.5) is 4.39 Å². The van der Waals surface area contributed by atoms with Crippen molar-refractivity contribution in [1.82, 2.24) is 14.8 Å². The predicted molar refractivity (Wildman–Crippen MR) is 104 cm³/mol. The van der Waals surface area contributed by atoms with E-state index in [0.717, 1.165) is 30.5 Å². The number of aromatic nitrogens is 1. The van der Waals surface area contributed by atoms with Crippen molar-refractivity contribution in [3.05, 3.63) is 77.7 Å². The highest BCUT2D eigenvalue weighted by Gasteiger charge is 2.22. The lowest BCUT2D eigenvalue weighted by Crippen LogP contribution is -2.48. The fourth-order valence-corrected chi connectivity index (χ4v) is 3.61. The summed E-state index contributed by atoms with van der Waals surface area (Å²) in [5.41, 5.74) is 2.71. The third kappa shape index (κ3) is 3.98. The minimum atomic E-state index is -0.312. The van der Waals surface area contributed by atoms with E-state index >= 15 is 0 Å². The van der Waals surface area contributed by atoms with Crippen molar-refractivity contribution in [2.75, 3.05) is 26.2 Å². The molecule has 0 bridgehead atoms. The van der Waals surface area contributed by atoms with Gasteiger partial charge in [0.1, 0.15) is 5.82 Å². The number of benzene rings is 2. The van der Waals surface area contributed by atoms with Gasteiger partial charge in [-0.2, -0.15) is 0 Å². The van der Waals surface area contributed by atoms with E-state index in [-0.39, 0.29) is 18.1 Å². The Morgan fingerprint density at radius 3 is 2.48 bits per heavy atom. The first-order valence-corrected chi connectivity index (χ1v) is 9.27. The number of fused-ring (bicyclic) bond motifs is 1. The van der Waals surface area contributed by atoms with Gasteiger partial charge in [0.15, 0.2) is 0 Å². The Morgan fingerprint density at radius 1 is 0.926 bits per heavy atom. The Bertz CT molecular complexity index is 946. The number of pyridine rings is 1. The molecule has 3 aromatic rings. The summed E-state index contributed by atoms with van der Waals surface area (Å²) < 4.78 is 13.8. The molecule has 27 heavy (non-hydrogen) atoms. The molecule has 0 aliphatic carbocycles. The molecule has 0 unspecified atom stereocenters. The standard InChI is InChI=1S/C22H22FN3O/c23-20-9-2-1-5-18(20)15-21(27)26-13-11-25(12-14-26)16-19-7-3-6-17-8-4-10-24-22(17)19/h1-10H,11-16H2. The molecule has 0 radical (unpaired) electrons. The molecule has 0 spiro atoms. The number of piperazine rings is 1. The number of para-hydroxylation sites is 1. The van der Waals surface area contributed by atoms with Gasteiger partial charge in [-0.15, -0.1) is 0 Å². The zero-order valence-corrected chi connectivity index (χ0v) is 15.1. The second-order valence-corrected chi connectivity index (χ2v) is 6.92. The lowest BCUT2D eigenvalue weighted by molar-refractivity contribution is -0.132. The summed E-state index contributed by atoms with van der Waals surface area (Å²) in [5, 5.41) is 1.15. The molecule has 4 rings (SSSR count). The largest absolute Gasteiger partial charge is 0.340 e. The number of halogens is 1. The van der Waals surface area contributed by atoms with Crippen LogP contribution in [0, 0.1) is 5.82 Å².